The number of thioether (sulfide) groups is 1. The number of halogens is 1. The third-order valence-corrected chi connectivity index (χ3v) is 4.59. The van der Waals surface area contributed by atoms with E-state index in [9.17, 15) is 0 Å². The van der Waals surface area contributed by atoms with Crippen LogP contribution in [0.5, 0.6) is 0 Å². The number of nitrogens with zero attached hydrogens (tertiary/aromatic N) is 3. The first kappa shape index (κ1) is 12.3. The monoisotopic (exact) mass is 279 g/mol. The normalized spacial score (nSPS) is 21.5. The first-order chi connectivity index (χ1) is 6.63. The molecule has 1 aliphatic heterocycles. The van der Waals surface area contributed by atoms with E-state index in [4.69, 9.17) is 0 Å². The summed E-state index contributed by atoms with van der Waals surface area (Å²) >= 11 is 5.38. The first-order valence-electron chi connectivity index (χ1n) is 4.76. The molecule has 1 atom stereocenters. The smallest absolute Gasteiger partial charge is 0.159 e. The van der Waals surface area contributed by atoms with E-state index in [1.54, 1.807) is 0 Å². The van der Waals surface area contributed by atoms with Gasteiger partial charge in [0, 0.05) is 30.7 Å². The van der Waals surface area contributed by atoms with Crippen LogP contribution >= 0.6 is 27.7 Å². The molecule has 14 heavy (non-hydrogen) atoms. The van der Waals surface area contributed by atoms with E-state index in [2.05, 4.69) is 51.9 Å². The zero-order valence-electron chi connectivity index (χ0n) is 9.03. The maximum atomic E-state index is 4.52. The quantitative estimate of drug-likeness (QED) is 0.724. The number of aliphatic imine (C=N–C) groups is 1. The molecule has 1 aliphatic rings. The summed E-state index contributed by atoms with van der Waals surface area (Å²) in [5.74, 6) is 0. The average molecular weight is 280 g/mol. The molecular weight excluding hydrogens is 262 g/mol. The minimum Gasteiger partial charge on any atom is -0.353 e. The molecule has 0 radical (unpaired) electrons. The van der Waals surface area contributed by atoms with Crippen LogP contribution in [0, 0.1) is 0 Å². The minimum atomic E-state index is 0.631. The van der Waals surface area contributed by atoms with Gasteiger partial charge in [-0.1, -0.05) is 27.7 Å². The predicted molar refractivity (Wildman–Crippen MR) is 68.7 cm³/mol. The Balaban J connectivity index is 2.28. The maximum absolute atomic E-state index is 4.52. The van der Waals surface area contributed by atoms with Gasteiger partial charge in [0.15, 0.2) is 5.17 Å². The molecule has 0 saturated heterocycles. The van der Waals surface area contributed by atoms with Gasteiger partial charge in [-0.05, 0) is 14.1 Å². The SMILES string of the molecule is CN(C)CCN(C)C1=NCC(CBr)S1. The fourth-order valence-corrected chi connectivity index (χ4v) is 2.67. The Hall–Kier alpha value is 0.260. The highest BCUT2D eigenvalue weighted by molar-refractivity contribution is 9.09. The molecule has 0 saturated carbocycles. The van der Waals surface area contributed by atoms with E-state index in [1.807, 2.05) is 11.8 Å². The van der Waals surface area contributed by atoms with Crippen LogP contribution in [0.4, 0.5) is 0 Å². The number of hydrogen-bond donors (Lipinski definition) is 0. The molecule has 0 aromatic carbocycles. The Kier molecular flexibility index (Phi) is 5.26. The zero-order valence-corrected chi connectivity index (χ0v) is 11.4. The summed E-state index contributed by atoms with van der Waals surface area (Å²) in [7, 11) is 6.31. The highest BCUT2D eigenvalue weighted by Gasteiger charge is 2.20. The average Bonchev–Trinajstić information content (AvgIpc) is 2.62. The van der Waals surface area contributed by atoms with Crippen molar-refractivity contribution in [3.05, 3.63) is 0 Å². The van der Waals surface area contributed by atoms with Gasteiger partial charge in [-0.3, -0.25) is 4.99 Å². The molecule has 0 bridgehead atoms. The molecule has 5 heteroatoms. The number of hydrogen-bond acceptors (Lipinski definition) is 4. The van der Waals surface area contributed by atoms with Crippen molar-refractivity contribution in [2.24, 2.45) is 4.99 Å². The van der Waals surface area contributed by atoms with Gasteiger partial charge in [0.05, 0.1) is 6.54 Å². The molecule has 1 rings (SSSR count). The summed E-state index contributed by atoms with van der Waals surface area (Å²) < 4.78 is 0. The molecule has 0 spiro atoms. The second-order valence-corrected chi connectivity index (χ2v) is 5.66. The Morgan fingerprint density at radius 3 is 2.64 bits per heavy atom. The lowest BCUT2D eigenvalue weighted by Crippen LogP contribution is -2.31. The summed E-state index contributed by atoms with van der Waals surface area (Å²) in [4.78, 5) is 8.96. The van der Waals surface area contributed by atoms with Crippen molar-refractivity contribution >= 4 is 32.9 Å². The van der Waals surface area contributed by atoms with Gasteiger partial charge < -0.3 is 9.80 Å². The summed E-state index contributed by atoms with van der Waals surface area (Å²) in [6.45, 7) is 3.08. The van der Waals surface area contributed by atoms with Gasteiger partial charge in [-0.2, -0.15) is 0 Å². The van der Waals surface area contributed by atoms with Crippen LogP contribution in [0.15, 0.2) is 4.99 Å². The van der Waals surface area contributed by atoms with E-state index >= 15 is 0 Å². The van der Waals surface area contributed by atoms with E-state index in [1.165, 1.54) is 5.17 Å². The Bertz CT molecular complexity index is 208. The molecule has 0 aromatic rings. The molecule has 0 fully saturated rings. The highest BCUT2D eigenvalue weighted by Crippen LogP contribution is 2.23. The predicted octanol–water partition coefficient (Wildman–Crippen LogP) is 1.35. The molecule has 0 aromatic heterocycles. The van der Waals surface area contributed by atoms with E-state index in [-0.39, 0.29) is 0 Å². The van der Waals surface area contributed by atoms with Crippen molar-refractivity contribution in [1.82, 2.24) is 9.80 Å². The molecule has 0 aliphatic carbocycles. The second kappa shape index (κ2) is 5.98. The van der Waals surface area contributed by atoms with Gasteiger partial charge in [-0.25, -0.2) is 0 Å². The van der Waals surface area contributed by atoms with Crippen LogP contribution in [0.3, 0.4) is 0 Å². The van der Waals surface area contributed by atoms with Gasteiger partial charge >= 0.3 is 0 Å². The molecule has 0 amide bonds. The zero-order chi connectivity index (χ0) is 10.6. The van der Waals surface area contributed by atoms with Crippen molar-refractivity contribution in [1.29, 1.82) is 0 Å². The molecule has 3 nitrogen and oxygen atoms in total. The van der Waals surface area contributed by atoms with Gasteiger partial charge in [0.25, 0.3) is 0 Å². The lowest BCUT2D eigenvalue weighted by Gasteiger charge is -2.20. The van der Waals surface area contributed by atoms with E-state index in [0.717, 1.165) is 25.0 Å². The molecule has 0 N–H and O–H groups in total. The highest BCUT2D eigenvalue weighted by atomic mass is 79.9. The topological polar surface area (TPSA) is 18.8 Å². The third kappa shape index (κ3) is 3.79. The standard InChI is InChI=1S/C9H18BrN3S/c1-12(2)4-5-13(3)9-11-7-8(6-10)14-9/h8H,4-7H2,1-3H3. The fourth-order valence-electron chi connectivity index (χ4n) is 1.14. The number of rotatable bonds is 4. The fraction of sp³-hybridized carbons (Fsp3) is 0.889. The second-order valence-electron chi connectivity index (χ2n) is 3.74. The minimum absolute atomic E-state index is 0.631. The molecule has 1 unspecified atom stereocenters. The van der Waals surface area contributed by atoms with Crippen molar-refractivity contribution in [3.63, 3.8) is 0 Å². The van der Waals surface area contributed by atoms with Crippen LogP contribution in [-0.2, 0) is 0 Å². The number of amidine groups is 1. The van der Waals surface area contributed by atoms with Crippen LogP contribution in [0.1, 0.15) is 0 Å². The summed E-state index contributed by atoms with van der Waals surface area (Å²) in [6, 6.07) is 0. The summed E-state index contributed by atoms with van der Waals surface area (Å²) in [5, 5.41) is 2.86. The van der Waals surface area contributed by atoms with Crippen molar-refractivity contribution in [3.8, 4) is 0 Å². The lowest BCUT2D eigenvalue weighted by molar-refractivity contribution is 0.359. The maximum Gasteiger partial charge on any atom is 0.159 e. The molecule has 82 valence electrons. The Morgan fingerprint density at radius 1 is 1.43 bits per heavy atom. The lowest BCUT2D eigenvalue weighted by atomic mass is 10.5. The van der Waals surface area contributed by atoms with E-state index in [0.29, 0.717) is 5.25 Å². The van der Waals surface area contributed by atoms with Gasteiger partial charge in [-0.15, -0.1) is 0 Å². The van der Waals surface area contributed by atoms with Crippen LogP contribution in [0.25, 0.3) is 0 Å². The van der Waals surface area contributed by atoms with E-state index < -0.39 is 0 Å². The van der Waals surface area contributed by atoms with Gasteiger partial charge in [0.2, 0.25) is 0 Å². The number of alkyl halides is 1. The van der Waals surface area contributed by atoms with Crippen LogP contribution in [0.2, 0.25) is 0 Å². The van der Waals surface area contributed by atoms with Crippen molar-refractivity contribution in [2.45, 2.75) is 5.25 Å². The largest absolute Gasteiger partial charge is 0.353 e. The molecule has 1 heterocycles. The van der Waals surface area contributed by atoms with Crippen molar-refractivity contribution < 1.29 is 0 Å². The summed E-state index contributed by atoms with van der Waals surface area (Å²) in [6.07, 6.45) is 0. The van der Waals surface area contributed by atoms with Crippen molar-refractivity contribution in [2.75, 3.05) is 46.1 Å². The first-order valence-corrected chi connectivity index (χ1v) is 6.76. The summed E-state index contributed by atoms with van der Waals surface area (Å²) in [5.41, 5.74) is 0. The Morgan fingerprint density at radius 2 is 2.14 bits per heavy atom. The van der Waals surface area contributed by atoms with Crippen LogP contribution in [-0.4, -0.2) is 66.3 Å². The molecular formula is C9H18BrN3S. The Labute approximate surface area is 99.1 Å². The van der Waals surface area contributed by atoms with Crippen LogP contribution < -0.4 is 0 Å². The van der Waals surface area contributed by atoms with Gasteiger partial charge in [0.1, 0.15) is 0 Å². The third-order valence-electron chi connectivity index (χ3n) is 2.08. The number of likely N-dealkylation sites (N-methyl/N-ethyl adjacent to an activating group) is 2.